The maximum absolute atomic E-state index is 11.3. The van der Waals surface area contributed by atoms with Crippen LogP contribution in [0, 0.1) is 18.3 Å². The Kier molecular flexibility index (Phi) is 4.11. The van der Waals surface area contributed by atoms with Crippen molar-refractivity contribution in [3.63, 3.8) is 0 Å². The summed E-state index contributed by atoms with van der Waals surface area (Å²) in [6, 6.07) is 17.0. The Labute approximate surface area is 134 Å². The van der Waals surface area contributed by atoms with Crippen LogP contribution < -0.4 is 4.74 Å². The number of ether oxygens (including phenoxy) is 1. The number of nitrogens with zero attached hydrogens (tertiary/aromatic N) is 2. The van der Waals surface area contributed by atoms with Gasteiger partial charge in [-0.1, -0.05) is 24.3 Å². The number of aldehydes is 1. The van der Waals surface area contributed by atoms with Crippen molar-refractivity contribution in [1.82, 2.24) is 4.57 Å². The van der Waals surface area contributed by atoms with Gasteiger partial charge in [0.2, 0.25) is 0 Å². The van der Waals surface area contributed by atoms with Crippen LogP contribution in [-0.4, -0.2) is 17.5 Å². The van der Waals surface area contributed by atoms with Crippen LogP contribution in [0.1, 0.15) is 21.6 Å². The molecule has 0 N–H and O–H groups in total. The van der Waals surface area contributed by atoms with Gasteiger partial charge in [-0.05, 0) is 31.2 Å². The maximum Gasteiger partial charge on any atom is 0.152 e. The van der Waals surface area contributed by atoms with Crippen molar-refractivity contribution in [2.45, 2.75) is 13.5 Å². The molecule has 0 saturated carbocycles. The number of rotatable bonds is 5. The van der Waals surface area contributed by atoms with Gasteiger partial charge in [0.1, 0.15) is 12.4 Å². The Hall–Kier alpha value is -3.06. The SMILES string of the molecule is Cc1c(C=O)c2ccccc2n1CCOc1cccc(C#N)c1. The van der Waals surface area contributed by atoms with Crippen molar-refractivity contribution in [3.05, 3.63) is 65.4 Å². The van der Waals surface area contributed by atoms with E-state index in [0.717, 1.165) is 28.4 Å². The minimum absolute atomic E-state index is 0.465. The van der Waals surface area contributed by atoms with Gasteiger partial charge < -0.3 is 9.30 Å². The molecule has 3 aromatic rings. The predicted molar refractivity (Wildman–Crippen MR) is 88.7 cm³/mol. The second-order valence-electron chi connectivity index (χ2n) is 5.27. The van der Waals surface area contributed by atoms with Crippen LogP contribution in [0.15, 0.2) is 48.5 Å². The Balaban J connectivity index is 1.81. The Morgan fingerprint density at radius 1 is 1.22 bits per heavy atom. The number of hydrogen-bond donors (Lipinski definition) is 0. The largest absolute Gasteiger partial charge is 0.492 e. The van der Waals surface area contributed by atoms with Gasteiger partial charge in [0, 0.05) is 22.2 Å². The number of para-hydroxylation sites is 1. The van der Waals surface area contributed by atoms with E-state index in [1.807, 2.05) is 37.3 Å². The first kappa shape index (κ1) is 14.9. The number of carbonyl (C=O) groups is 1. The molecule has 0 atom stereocenters. The number of carbonyl (C=O) groups excluding carboxylic acids is 1. The number of benzene rings is 2. The third-order valence-electron chi connectivity index (χ3n) is 3.94. The molecule has 1 heterocycles. The molecule has 0 aliphatic heterocycles. The molecule has 0 saturated heterocycles. The topological polar surface area (TPSA) is 55.0 Å². The standard InChI is InChI=1S/C19H16N2O2/c1-14-18(13-22)17-7-2-3-8-19(17)21(14)9-10-23-16-6-4-5-15(11-16)12-20/h2-8,11,13H,9-10H2,1H3. The lowest BCUT2D eigenvalue weighted by molar-refractivity contribution is 0.112. The lowest BCUT2D eigenvalue weighted by Crippen LogP contribution is -2.09. The summed E-state index contributed by atoms with van der Waals surface area (Å²) in [5.41, 5.74) is 3.28. The quantitative estimate of drug-likeness (QED) is 0.675. The maximum atomic E-state index is 11.3. The summed E-state index contributed by atoms with van der Waals surface area (Å²) >= 11 is 0. The van der Waals surface area contributed by atoms with Crippen LogP contribution in [0.25, 0.3) is 10.9 Å². The van der Waals surface area contributed by atoms with Crippen LogP contribution in [0.3, 0.4) is 0 Å². The number of nitriles is 1. The highest BCUT2D eigenvalue weighted by molar-refractivity contribution is 5.99. The first-order chi connectivity index (χ1) is 11.2. The average Bonchev–Trinajstić information content (AvgIpc) is 2.86. The lowest BCUT2D eigenvalue weighted by Gasteiger charge is -2.10. The van der Waals surface area contributed by atoms with E-state index in [9.17, 15) is 4.79 Å². The Morgan fingerprint density at radius 2 is 2.04 bits per heavy atom. The van der Waals surface area contributed by atoms with Crippen molar-refractivity contribution in [1.29, 1.82) is 5.26 Å². The monoisotopic (exact) mass is 304 g/mol. The average molecular weight is 304 g/mol. The van der Waals surface area contributed by atoms with Crippen LogP contribution >= 0.6 is 0 Å². The van der Waals surface area contributed by atoms with E-state index in [0.29, 0.717) is 24.5 Å². The molecular formula is C19H16N2O2. The summed E-state index contributed by atoms with van der Waals surface area (Å²) in [6.07, 6.45) is 0.908. The van der Waals surface area contributed by atoms with Crippen molar-refractivity contribution < 1.29 is 9.53 Å². The van der Waals surface area contributed by atoms with Crippen LogP contribution in [0.2, 0.25) is 0 Å². The van der Waals surface area contributed by atoms with E-state index in [2.05, 4.69) is 10.6 Å². The molecule has 3 rings (SSSR count). The fourth-order valence-electron chi connectivity index (χ4n) is 2.80. The van der Waals surface area contributed by atoms with Gasteiger partial charge in [0.05, 0.1) is 18.2 Å². The minimum Gasteiger partial charge on any atom is -0.492 e. The molecular weight excluding hydrogens is 288 g/mol. The molecule has 4 nitrogen and oxygen atoms in total. The molecule has 4 heteroatoms. The molecule has 2 aromatic carbocycles. The number of fused-ring (bicyclic) bond motifs is 1. The van der Waals surface area contributed by atoms with Crippen molar-refractivity contribution in [3.8, 4) is 11.8 Å². The number of aromatic nitrogens is 1. The molecule has 0 radical (unpaired) electrons. The van der Waals surface area contributed by atoms with Gasteiger partial charge in [-0.3, -0.25) is 4.79 Å². The van der Waals surface area contributed by atoms with Gasteiger partial charge in [0.25, 0.3) is 0 Å². The third-order valence-corrected chi connectivity index (χ3v) is 3.94. The second kappa shape index (κ2) is 6.37. The Morgan fingerprint density at radius 3 is 2.83 bits per heavy atom. The summed E-state index contributed by atoms with van der Waals surface area (Å²) in [4.78, 5) is 11.3. The highest BCUT2D eigenvalue weighted by Gasteiger charge is 2.12. The van der Waals surface area contributed by atoms with Gasteiger partial charge in [-0.2, -0.15) is 5.26 Å². The van der Waals surface area contributed by atoms with Crippen molar-refractivity contribution >= 4 is 17.2 Å². The molecule has 0 amide bonds. The highest BCUT2D eigenvalue weighted by atomic mass is 16.5. The second-order valence-corrected chi connectivity index (χ2v) is 5.27. The summed E-state index contributed by atoms with van der Waals surface area (Å²) in [7, 11) is 0. The van der Waals surface area contributed by atoms with E-state index in [1.165, 1.54) is 0 Å². The van der Waals surface area contributed by atoms with E-state index in [-0.39, 0.29) is 0 Å². The van der Waals surface area contributed by atoms with E-state index in [4.69, 9.17) is 10.00 Å². The van der Waals surface area contributed by atoms with Gasteiger partial charge in [0.15, 0.2) is 6.29 Å². The summed E-state index contributed by atoms with van der Waals surface area (Å²) < 4.78 is 7.83. The van der Waals surface area contributed by atoms with E-state index in [1.54, 1.807) is 18.2 Å². The van der Waals surface area contributed by atoms with E-state index < -0.39 is 0 Å². The fraction of sp³-hybridized carbons (Fsp3) is 0.158. The molecule has 1 aromatic heterocycles. The molecule has 0 bridgehead atoms. The number of hydrogen-bond acceptors (Lipinski definition) is 3. The van der Waals surface area contributed by atoms with Gasteiger partial charge in [-0.15, -0.1) is 0 Å². The first-order valence-corrected chi connectivity index (χ1v) is 7.40. The molecule has 23 heavy (non-hydrogen) atoms. The molecule has 0 aliphatic rings. The fourth-order valence-corrected chi connectivity index (χ4v) is 2.80. The zero-order valence-electron chi connectivity index (χ0n) is 12.8. The molecule has 0 fully saturated rings. The van der Waals surface area contributed by atoms with Crippen LogP contribution in [-0.2, 0) is 6.54 Å². The molecule has 0 aliphatic carbocycles. The van der Waals surface area contributed by atoms with Crippen LogP contribution in [0.5, 0.6) is 5.75 Å². The van der Waals surface area contributed by atoms with E-state index >= 15 is 0 Å². The summed E-state index contributed by atoms with van der Waals surface area (Å²) in [6.45, 7) is 3.05. The highest BCUT2D eigenvalue weighted by Crippen LogP contribution is 2.24. The normalized spacial score (nSPS) is 10.4. The third kappa shape index (κ3) is 2.82. The molecule has 114 valence electrons. The summed E-state index contributed by atoms with van der Waals surface area (Å²) in [5, 5.41) is 9.87. The van der Waals surface area contributed by atoms with Crippen molar-refractivity contribution in [2.24, 2.45) is 0 Å². The molecule has 0 unspecified atom stereocenters. The Bertz CT molecular complexity index is 903. The molecule has 0 spiro atoms. The van der Waals surface area contributed by atoms with Crippen molar-refractivity contribution in [2.75, 3.05) is 6.61 Å². The van der Waals surface area contributed by atoms with Gasteiger partial charge >= 0.3 is 0 Å². The minimum atomic E-state index is 0.465. The summed E-state index contributed by atoms with van der Waals surface area (Å²) in [5.74, 6) is 0.675. The zero-order chi connectivity index (χ0) is 16.2. The lowest BCUT2D eigenvalue weighted by atomic mass is 10.1. The zero-order valence-corrected chi connectivity index (χ0v) is 12.8. The first-order valence-electron chi connectivity index (χ1n) is 7.40. The van der Waals surface area contributed by atoms with Gasteiger partial charge in [-0.25, -0.2) is 0 Å². The smallest absolute Gasteiger partial charge is 0.152 e. The van der Waals surface area contributed by atoms with Crippen LogP contribution in [0.4, 0.5) is 0 Å². The predicted octanol–water partition coefficient (Wildman–Crippen LogP) is 3.71.